The lowest BCUT2D eigenvalue weighted by Crippen LogP contribution is -2.43. The van der Waals surface area contributed by atoms with Crippen LogP contribution in [0.15, 0.2) is 24.3 Å². The number of rotatable bonds is 6. The third kappa shape index (κ3) is 4.60. The molecule has 1 aromatic rings. The van der Waals surface area contributed by atoms with Crippen LogP contribution >= 0.6 is 0 Å². The van der Waals surface area contributed by atoms with Gasteiger partial charge in [0, 0.05) is 0 Å². The highest BCUT2D eigenvalue weighted by Crippen LogP contribution is 2.36. The predicted octanol–water partition coefficient (Wildman–Crippen LogP) is 3.75. The van der Waals surface area contributed by atoms with Crippen LogP contribution in [0.4, 0.5) is 4.79 Å². The number of benzene rings is 1. The fourth-order valence-electron chi connectivity index (χ4n) is 2.73. The predicted molar refractivity (Wildman–Crippen MR) is 105 cm³/mol. The Morgan fingerprint density at radius 3 is 2.38 bits per heavy atom. The van der Waals surface area contributed by atoms with Gasteiger partial charge in [0.15, 0.2) is 0 Å². The molecule has 1 N–H and O–H groups in total. The Hall–Kier alpha value is -1.53. The van der Waals surface area contributed by atoms with E-state index in [0.29, 0.717) is 6.61 Å². The van der Waals surface area contributed by atoms with Gasteiger partial charge in [0.05, 0.1) is 23.3 Å². The first-order valence-corrected chi connectivity index (χ1v) is 9.39. The molecule has 1 aliphatic rings. The van der Waals surface area contributed by atoms with E-state index in [1.54, 1.807) is 0 Å². The summed E-state index contributed by atoms with van der Waals surface area (Å²) < 4.78 is 17.5. The van der Waals surface area contributed by atoms with E-state index in [9.17, 15) is 4.79 Å². The van der Waals surface area contributed by atoms with Gasteiger partial charge >= 0.3 is 13.2 Å². The molecule has 1 saturated heterocycles. The number of hydrogen-bond donors (Lipinski definition) is 1. The first-order valence-electron chi connectivity index (χ1n) is 9.39. The van der Waals surface area contributed by atoms with Crippen molar-refractivity contribution in [2.24, 2.45) is 0 Å². The van der Waals surface area contributed by atoms with Gasteiger partial charge in [0.2, 0.25) is 0 Å². The Kier molecular flexibility index (Phi) is 6.08. The van der Waals surface area contributed by atoms with Crippen LogP contribution < -0.4 is 10.8 Å². The van der Waals surface area contributed by atoms with Crippen LogP contribution in [0.25, 0.3) is 0 Å². The molecular formula is C20H32BNO4. The maximum absolute atomic E-state index is 12.0. The van der Waals surface area contributed by atoms with E-state index in [1.807, 2.05) is 65.8 Å². The third-order valence-corrected chi connectivity index (χ3v) is 5.28. The SMILES string of the molecule is CCCCOC(=O)NC(C)(C)c1cccc(B2OC(C)(C)C(C)(C)O2)c1. The molecule has 0 spiro atoms. The van der Waals surface area contributed by atoms with E-state index < -0.39 is 18.8 Å². The van der Waals surface area contributed by atoms with Crippen LogP contribution in [0.2, 0.25) is 0 Å². The normalized spacial score (nSPS) is 18.7. The minimum Gasteiger partial charge on any atom is -0.450 e. The molecule has 5 nitrogen and oxygen atoms in total. The topological polar surface area (TPSA) is 56.8 Å². The molecule has 0 atom stereocenters. The number of hydrogen-bond acceptors (Lipinski definition) is 4. The average molecular weight is 361 g/mol. The molecule has 1 aliphatic heterocycles. The van der Waals surface area contributed by atoms with Crippen molar-refractivity contribution in [1.29, 1.82) is 0 Å². The molecule has 1 amide bonds. The minimum absolute atomic E-state index is 0.384. The molecule has 1 fully saturated rings. The lowest BCUT2D eigenvalue weighted by Gasteiger charge is -2.32. The summed E-state index contributed by atoms with van der Waals surface area (Å²) in [5, 5.41) is 2.94. The fraction of sp³-hybridized carbons (Fsp3) is 0.650. The summed E-state index contributed by atoms with van der Waals surface area (Å²) in [5.74, 6) is 0. The molecule has 0 bridgehead atoms. The van der Waals surface area contributed by atoms with Crippen molar-refractivity contribution < 1.29 is 18.8 Å². The van der Waals surface area contributed by atoms with Gasteiger partial charge < -0.3 is 19.4 Å². The monoisotopic (exact) mass is 361 g/mol. The Morgan fingerprint density at radius 2 is 1.81 bits per heavy atom. The minimum atomic E-state index is -0.567. The number of amides is 1. The van der Waals surface area contributed by atoms with Gasteiger partial charge in [-0.3, -0.25) is 0 Å². The second-order valence-corrected chi connectivity index (χ2v) is 8.45. The van der Waals surface area contributed by atoms with Crippen molar-refractivity contribution in [3.05, 3.63) is 29.8 Å². The summed E-state index contributed by atoms with van der Waals surface area (Å²) in [6.07, 6.45) is 1.46. The highest BCUT2D eigenvalue weighted by atomic mass is 16.7. The summed E-state index contributed by atoms with van der Waals surface area (Å²) >= 11 is 0. The van der Waals surface area contributed by atoms with Crippen LogP contribution in [0.1, 0.15) is 66.9 Å². The average Bonchev–Trinajstić information content (AvgIpc) is 2.75. The van der Waals surface area contributed by atoms with Crippen molar-refractivity contribution in [1.82, 2.24) is 5.32 Å². The van der Waals surface area contributed by atoms with Crippen molar-refractivity contribution >= 4 is 18.7 Å². The van der Waals surface area contributed by atoms with Gasteiger partial charge in [-0.2, -0.15) is 0 Å². The summed E-state index contributed by atoms with van der Waals surface area (Å²) in [6, 6.07) is 7.96. The molecule has 0 aromatic heterocycles. The Morgan fingerprint density at radius 1 is 1.19 bits per heavy atom. The highest BCUT2D eigenvalue weighted by molar-refractivity contribution is 6.62. The van der Waals surface area contributed by atoms with Crippen LogP contribution in [0.5, 0.6) is 0 Å². The van der Waals surface area contributed by atoms with E-state index in [1.165, 1.54) is 0 Å². The summed E-state index contributed by atoms with van der Waals surface area (Å²) in [7, 11) is -0.424. The Bertz CT molecular complexity index is 626. The van der Waals surface area contributed by atoms with Gasteiger partial charge in [-0.1, -0.05) is 37.6 Å². The van der Waals surface area contributed by atoms with Crippen LogP contribution in [-0.4, -0.2) is 31.0 Å². The van der Waals surface area contributed by atoms with Crippen LogP contribution in [0, 0.1) is 0 Å². The summed E-state index contributed by atoms with van der Waals surface area (Å²) in [5.41, 5.74) is 0.574. The zero-order valence-corrected chi connectivity index (χ0v) is 17.1. The van der Waals surface area contributed by atoms with Crippen LogP contribution in [-0.2, 0) is 19.6 Å². The van der Waals surface area contributed by atoms with Crippen molar-refractivity contribution in [2.45, 2.75) is 78.0 Å². The van der Waals surface area contributed by atoms with Crippen molar-refractivity contribution in [3.63, 3.8) is 0 Å². The molecular weight excluding hydrogens is 329 g/mol. The van der Waals surface area contributed by atoms with E-state index in [4.69, 9.17) is 14.0 Å². The number of unbranched alkanes of at least 4 members (excludes halogenated alkanes) is 1. The molecule has 26 heavy (non-hydrogen) atoms. The third-order valence-electron chi connectivity index (χ3n) is 5.28. The van der Waals surface area contributed by atoms with Crippen LogP contribution in [0.3, 0.4) is 0 Å². The van der Waals surface area contributed by atoms with E-state index in [2.05, 4.69) is 12.2 Å². The molecule has 144 valence electrons. The number of carbonyl (C=O) groups is 1. The van der Waals surface area contributed by atoms with Crippen molar-refractivity contribution in [3.8, 4) is 0 Å². The summed E-state index contributed by atoms with van der Waals surface area (Å²) in [4.78, 5) is 12.0. The lowest BCUT2D eigenvalue weighted by molar-refractivity contribution is 0.00578. The smallest absolute Gasteiger partial charge is 0.450 e. The largest absolute Gasteiger partial charge is 0.494 e. The maximum Gasteiger partial charge on any atom is 0.494 e. The van der Waals surface area contributed by atoms with Gasteiger partial charge in [-0.15, -0.1) is 0 Å². The second-order valence-electron chi connectivity index (χ2n) is 8.45. The molecule has 0 radical (unpaired) electrons. The molecule has 0 unspecified atom stereocenters. The number of alkyl carbamates (subject to hydrolysis) is 1. The lowest BCUT2D eigenvalue weighted by atomic mass is 9.77. The molecule has 1 aromatic carbocycles. The maximum atomic E-state index is 12.0. The Balaban J connectivity index is 2.12. The van der Waals surface area contributed by atoms with Gasteiger partial charge in [0.25, 0.3) is 0 Å². The number of carbonyl (C=O) groups excluding carboxylic acids is 1. The first kappa shape index (κ1) is 20.8. The molecule has 1 heterocycles. The number of ether oxygens (including phenoxy) is 1. The van der Waals surface area contributed by atoms with E-state index in [0.717, 1.165) is 23.9 Å². The zero-order chi connectivity index (χ0) is 19.6. The quantitative estimate of drug-likeness (QED) is 0.619. The zero-order valence-electron chi connectivity index (χ0n) is 17.1. The first-order chi connectivity index (χ1) is 12.0. The Labute approximate surface area is 157 Å². The van der Waals surface area contributed by atoms with Gasteiger partial charge in [-0.05, 0) is 59.0 Å². The standard InChI is InChI=1S/C20H32BNO4/c1-8-9-13-24-17(23)22-18(2,3)15-11-10-12-16(14-15)21-25-19(4,5)20(6,7)26-21/h10-12,14H,8-9,13H2,1-7H3,(H,22,23). The molecule has 0 saturated carbocycles. The highest BCUT2D eigenvalue weighted by Gasteiger charge is 2.51. The molecule has 6 heteroatoms. The van der Waals surface area contributed by atoms with Gasteiger partial charge in [-0.25, -0.2) is 4.79 Å². The molecule has 2 rings (SSSR count). The van der Waals surface area contributed by atoms with E-state index >= 15 is 0 Å². The number of nitrogens with one attached hydrogen (secondary N) is 1. The van der Waals surface area contributed by atoms with Crippen molar-refractivity contribution in [2.75, 3.05) is 6.61 Å². The fourth-order valence-corrected chi connectivity index (χ4v) is 2.73. The molecule has 0 aliphatic carbocycles. The second kappa shape index (κ2) is 7.61. The van der Waals surface area contributed by atoms with Gasteiger partial charge in [0.1, 0.15) is 0 Å². The van der Waals surface area contributed by atoms with E-state index in [-0.39, 0.29) is 11.2 Å². The summed E-state index contributed by atoms with van der Waals surface area (Å²) in [6.45, 7) is 14.6.